The first kappa shape index (κ1) is 26.4. The third-order valence-corrected chi connectivity index (χ3v) is 6.59. The quantitative estimate of drug-likeness (QED) is 0.455. The number of hydrogen-bond acceptors (Lipinski definition) is 4. The number of carboxylic acid groups (broad SMARTS) is 1. The van der Waals surface area contributed by atoms with E-state index in [1.54, 1.807) is 6.07 Å². The number of carbonyl (C=O) groups excluding carboxylic acids is 1. The highest BCUT2D eigenvalue weighted by atomic mass is 35.5. The first-order valence-electron chi connectivity index (χ1n) is 11.5. The Morgan fingerprint density at radius 1 is 1.14 bits per heavy atom. The minimum atomic E-state index is -1.20. The Bertz CT molecular complexity index is 1170. The Balaban J connectivity index is 0.00000342. The number of carbonyl (C=O) groups is 2. The number of fused-ring (bicyclic) bond motifs is 1. The average molecular weight is 501 g/mol. The number of amides is 1. The number of rotatable bonds is 7. The summed E-state index contributed by atoms with van der Waals surface area (Å²) in [7, 11) is 0. The Kier molecular flexibility index (Phi) is 9.07. The van der Waals surface area contributed by atoms with Crippen LogP contribution in [0.15, 0.2) is 66.7 Å². The van der Waals surface area contributed by atoms with Crippen LogP contribution in [-0.4, -0.2) is 48.3 Å². The number of benzene rings is 3. The molecule has 35 heavy (non-hydrogen) atoms. The molecule has 2 unspecified atom stereocenters. The van der Waals surface area contributed by atoms with Gasteiger partial charge in [-0.2, -0.15) is 0 Å². The lowest BCUT2D eigenvalue weighted by atomic mass is 9.80. The molecule has 0 saturated carbocycles. The molecule has 8 heteroatoms. The Hall–Kier alpha value is -3.16. The van der Waals surface area contributed by atoms with Crippen LogP contribution in [0.3, 0.4) is 0 Å². The molecule has 3 aromatic carbocycles. The normalized spacial score (nSPS) is 18.5. The van der Waals surface area contributed by atoms with E-state index in [1.807, 2.05) is 18.2 Å². The van der Waals surface area contributed by atoms with Crippen molar-refractivity contribution in [3.63, 3.8) is 0 Å². The number of piperidine rings is 1. The monoisotopic (exact) mass is 500 g/mol. The third-order valence-electron chi connectivity index (χ3n) is 6.59. The summed E-state index contributed by atoms with van der Waals surface area (Å²) in [6.45, 7) is 2.96. The van der Waals surface area contributed by atoms with Crippen LogP contribution >= 0.6 is 12.4 Å². The molecular formula is C27H30ClFN2O4. The van der Waals surface area contributed by atoms with Gasteiger partial charge < -0.3 is 20.1 Å². The van der Waals surface area contributed by atoms with Gasteiger partial charge >= 0.3 is 12.1 Å². The van der Waals surface area contributed by atoms with Gasteiger partial charge in [0, 0.05) is 25.0 Å². The van der Waals surface area contributed by atoms with Crippen molar-refractivity contribution in [3.05, 3.63) is 83.7 Å². The molecule has 0 aliphatic carbocycles. The summed E-state index contributed by atoms with van der Waals surface area (Å²) in [6, 6.07) is 21.2. The van der Waals surface area contributed by atoms with Gasteiger partial charge in [0.15, 0.2) is 6.61 Å². The van der Waals surface area contributed by atoms with Gasteiger partial charge in [-0.05, 0) is 59.8 Å². The summed E-state index contributed by atoms with van der Waals surface area (Å²) in [6.07, 6.45) is 0.0397. The van der Waals surface area contributed by atoms with Gasteiger partial charge in [-0.15, -0.1) is 12.4 Å². The number of carboxylic acids is 1. The minimum Gasteiger partial charge on any atom is -0.479 e. The van der Waals surface area contributed by atoms with Crippen molar-refractivity contribution in [2.75, 3.05) is 26.2 Å². The summed E-state index contributed by atoms with van der Waals surface area (Å²) in [4.78, 5) is 24.7. The maximum absolute atomic E-state index is 14.0. The summed E-state index contributed by atoms with van der Waals surface area (Å²) in [5.74, 6) is -1.45. The van der Waals surface area contributed by atoms with Crippen molar-refractivity contribution in [2.24, 2.45) is 5.92 Å². The zero-order valence-electron chi connectivity index (χ0n) is 19.5. The van der Waals surface area contributed by atoms with Gasteiger partial charge in [-0.25, -0.2) is 14.0 Å². The van der Waals surface area contributed by atoms with Gasteiger partial charge in [-0.3, -0.25) is 0 Å². The third kappa shape index (κ3) is 6.50. The first-order valence-corrected chi connectivity index (χ1v) is 11.5. The topological polar surface area (TPSA) is 78.9 Å². The van der Waals surface area contributed by atoms with Crippen molar-refractivity contribution in [1.29, 1.82) is 0 Å². The molecule has 0 bridgehead atoms. The minimum absolute atomic E-state index is 0. The SMILES string of the molecule is C[C@@H](NCC1CCN(C(=O)OCC(=O)O)CC1c1cccc(F)c1)c1cccc2ccccc12.Cl. The molecule has 0 spiro atoms. The highest BCUT2D eigenvalue weighted by Gasteiger charge is 2.33. The van der Waals surface area contributed by atoms with Crippen LogP contribution in [0.4, 0.5) is 9.18 Å². The Morgan fingerprint density at radius 3 is 2.66 bits per heavy atom. The summed E-state index contributed by atoms with van der Waals surface area (Å²) < 4.78 is 18.9. The number of aliphatic carboxylic acids is 1. The summed E-state index contributed by atoms with van der Waals surface area (Å²) in [5, 5.41) is 14.9. The number of likely N-dealkylation sites (tertiary alicyclic amines) is 1. The number of halogens is 2. The van der Waals surface area contributed by atoms with Crippen LogP contribution in [0, 0.1) is 11.7 Å². The zero-order chi connectivity index (χ0) is 24.1. The maximum atomic E-state index is 14.0. The van der Waals surface area contributed by atoms with Crippen LogP contribution in [-0.2, 0) is 9.53 Å². The highest BCUT2D eigenvalue weighted by Crippen LogP contribution is 2.34. The molecule has 1 aliphatic rings. The van der Waals surface area contributed by atoms with Crippen molar-refractivity contribution < 1.29 is 23.8 Å². The van der Waals surface area contributed by atoms with Gasteiger partial charge in [0.2, 0.25) is 0 Å². The predicted molar refractivity (Wildman–Crippen MR) is 135 cm³/mol. The van der Waals surface area contributed by atoms with Crippen molar-refractivity contribution in [3.8, 4) is 0 Å². The first-order chi connectivity index (χ1) is 16.4. The molecule has 0 aromatic heterocycles. The largest absolute Gasteiger partial charge is 0.479 e. The average Bonchev–Trinajstić information content (AvgIpc) is 2.85. The molecule has 2 N–H and O–H groups in total. The van der Waals surface area contributed by atoms with Gasteiger partial charge in [0.25, 0.3) is 0 Å². The van der Waals surface area contributed by atoms with E-state index >= 15 is 0 Å². The fourth-order valence-corrected chi connectivity index (χ4v) is 4.81. The van der Waals surface area contributed by atoms with E-state index in [2.05, 4.69) is 42.6 Å². The van der Waals surface area contributed by atoms with E-state index < -0.39 is 18.7 Å². The smallest absolute Gasteiger partial charge is 0.410 e. The number of nitrogens with zero attached hydrogens (tertiary/aromatic N) is 1. The van der Waals surface area contributed by atoms with Crippen molar-refractivity contribution in [2.45, 2.75) is 25.3 Å². The Labute approximate surface area is 210 Å². The fourth-order valence-electron chi connectivity index (χ4n) is 4.81. The number of nitrogens with one attached hydrogen (secondary N) is 1. The van der Waals surface area contributed by atoms with Crippen LogP contribution < -0.4 is 5.32 Å². The second kappa shape index (κ2) is 12.0. The van der Waals surface area contributed by atoms with E-state index in [0.29, 0.717) is 26.1 Å². The second-order valence-corrected chi connectivity index (χ2v) is 8.80. The standard InChI is InChI=1S/C27H29FN2O4.ClH/c1-18(23-11-5-7-19-6-2-3-10-24(19)23)29-15-21-12-13-30(27(33)34-17-26(31)32)16-25(21)20-8-4-9-22(28)14-20;/h2-11,14,18,21,25,29H,12-13,15-17H2,1H3,(H,31,32);1H/t18-,21?,25?;/m1./s1. The molecule has 6 nitrogen and oxygen atoms in total. The second-order valence-electron chi connectivity index (χ2n) is 8.80. The molecule has 1 heterocycles. The van der Waals surface area contributed by atoms with Gasteiger partial charge in [0.1, 0.15) is 5.82 Å². The molecule has 3 aromatic rings. The number of hydrogen-bond donors (Lipinski definition) is 2. The zero-order valence-corrected chi connectivity index (χ0v) is 20.3. The highest BCUT2D eigenvalue weighted by molar-refractivity contribution is 5.86. The molecular weight excluding hydrogens is 471 g/mol. The fraction of sp³-hybridized carbons (Fsp3) is 0.333. The molecule has 0 radical (unpaired) electrons. The number of ether oxygens (including phenoxy) is 1. The van der Waals surface area contributed by atoms with Crippen molar-refractivity contribution >= 4 is 35.2 Å². The molecule has 4 rings (SSSR count). The molecule has 1 amide bonds. The summed E-state index contributed by atoms with van der Waals surface area (Å²) >= 11 is 0. The lowest BCUT2D eigenvalue weighted by molar-refractivity contribution is -0.140. The van der Waals surface area contributed by atoms with E-state index in [4.69, 9.17) is 9.84 Å². The van der Waals surface area contributed by atoms with E-state index in [9.17, 15) is 14.0 Å². The Morgan fingerprint density at radius 2 is 1.89 bits per heavy atom. The summed E-state index contributed by atoms with van der Waals surface area (Å²) in [5.41, 5.74) is 2.04. The van der Waals surface area contributed by atoms with E-state index in [1.165, 1.54) is 33.4 Å². The van der Waals surface area contributed by atoms with Crippen LogP contribution in [0.1, 0.15) is 36.4 Å². The predicted octanol–water partition coefficient (Wildman–Crippen LogP) is 5.38. The molecule has 186 valence electrons. The molecule has 1 aliphatic heterocycles. The maximum Gasteiger partial charge on any atom is 0.410 e. The van der Waals surface area contributed by atoms with Crippen LogP contribution in [0.2, 0.25) is 0 Å². The lowest BCUT2D eigenvalue weighted by Gasteiger charge is -2.39. The molecule has 1 fully saturated rings. The van der Waals surface area contributed by atoms with Crippen LogP contribution in [0.5, 0.6) is 0 Å². The van der Waals surface area contributed by atoms with E-state index in [0.717, 1.165) is 5.56 Å². The van der Waals surface area contributed by atoms with Crippen molar-refractivity contribution in [1.82, 2.24) is 10.2 Å². The van der Waals surface area contributed by atoms with Crippen LogP contribution in [0.25, 0.3) is 10.8 Å². The molecule has 1 saturated heterocycles. The molecule has 3 atom stereocenters. The van der Waals surface area contributed by atoms with Gasteiger partial charge in [0.05, 0.1) is 0 Å². The van der Waals surface area contributed by atoms with Gasteiger partial charge in [-0.1, -0.05) is 54.6 Å². The lowest BCUT2D eigenvalue weighted by Crippen LogP contribution is -2.46. The van der Waals surface area contributed by atoms with E-state index in [-0.39, 0.29) is 36.1 Å².